The van der Waals surface area contributed by atoms with E-state index >= 15 is 0 Å². The van der Waals surface area contributed by atoms with E-state index in [1.165, 1.54) is 4.90 Å². The van der Waals surface area contributed by atoms with Crippen molar-refractivity contribution in [3.05, 3.63) is 0 Å². The summed E-state index contributed by atoms with van der Waals surface area (Å²) in [5.74, 6) is 0. The van der Waals surface area contributed by atoms with Gasteiger partial charge in [0.2, 0.25) is 0 Å². The van der Waals surface area contributed by atoms with Crippen molar-refractivity contribution in [2.24, 2.45) is 0 Å². The van der Waals surface area contributed by atoms with Crippen molar-refractivity contribution in [1.82, 2.24) is 4.90 Å². The molecule has 0 bridgehead atoms. The van der Waals surface area contributed by atoms with Crippen LogP contribution in [0.2, 0.25) is 0 Å². The summed E-state index contributed by atoms with van der Waals surface area (Å²) in [5, 5.41) is 0. The van der Waals surface area contributed by atoms with Crippen LogP contribution in [0.3, 0.4) is 0 Å². The molecule has 1 aliphatic rings. The molecule has 0 aromatic rings. The van der Waals surface area contributed by atoms with Crippen LogP contribution in [0, 0.1) is 0 Å². The van der Waals surface area contributed by atoms with Crippen LogP contribution in [0.25, 0.3) is 0 Å². The molecule has 2 unspecified atom stereocenters. The topological polar surface area (TPSA) is 116 Å². The quantitative estimate of drug-likeness (QED) is 0.310. The van der Waals surface area contributed by atoms with Gasteiger partial charge in [-0.05, 0) is 40.0 Å². The average Bonchev–Trinajstić information content (AvgIpc) is 2.40. The normalized spacial score (nSPS) is 20.8. The Morgan fingerprint density at radius 1 is 0.960 bits per heavy atom. The van der Waals surface area contributed by atoms with Crippen molar-refractivity contribution in [3.8, 4) is 0 Å². The number of piperidine rings is 1. The summed E-state index contributed by atoms with van der Waals surface area (Å²) in [6, 6.07) is -1.07. The number of rotatable bonds is 6. The third-order valence-electron chi connectivity index (χ3n) is 3.18. The molecule has 9 nitrogen and oxygen atoms in total. The first-order valence-corrected chi connectivity index (χ1v) is 9.06. The molecule has 1 saturated heterocycles. The maximum Gasteiger partial charge on any atom is 1.00 e. The van der Waals surface area contributed by atoms with Gasteiger partial charge in [0.05, 0.1) is 34.1 Å². The van der Waals surface area contributed by atoms with Crippen molar-refractivity contribution in [2.75, 3.05) is 13.2 Å². The van der Waals surface area contributed by atoms with Gasteiger partial charge in [-0.1, -0.05) is 0 Å². The van der Waals surface area contributed by atoms with Crippen LogP contribution in [0.1, 0.15) is 40.0 Å². The number of carbonyl (C=O) groups is 1. The Bertz CT molecular complexity index is 512. The van der Waals surface area contributed by atoms with Crippen LogP contribution in [0.5, 0.6) is 0 Å². The van der Waals surface area contributed by atoms with Crippen molar-refractivity contribution in [2.45, 2.75) is 57.7 Å². The van der Waals surface area contributed by atoms with Crippen molar-refractivity contribution in [3.63, 3.8) is 0 Å². The second-order valence-electron chi connectivity index (χ2n) is 6.10. The van der Waals surface area contributed by atoms with Gasteiger partial charge in [0, 0.05) is 13.2 Å². The Labute approximate surface area is 249 Å². The SMILES string of the molecule is CC(C)(C)OC(=O)N1C(CO[S-](=O)=O)CCCC1CO[S-](=O)=O.[Rb+].[Rb+]. The van der Waals surface area contributed by atoms with Crippen molar-refractivity contribution >= 4 is 28.1 Å². The molecule has 136 valence electrons. The van der Waals surface area contributed by atoms with E-state index < -0.39 is 45.7 Å². The van der Waals surface area contributed by atoms with Crippen LogP contribution >= 0.6 is 0 Å². The molecule has 0 aromatic carbocycles. The standard InChI is InChI=1S/C12H21NO8S2.2Rb/c1-12(2,3)21-11(14)13-9(7-19-22(15)16)5-4-6-10(13)8-20-23(17)18;;/h9-10H,4-8H2,1-3H3;;/q-2;2*+1. The molecule has 0 saturated carbocycles. The molecule has 1 heterocycles. The molecule has 1 amide bonds. The van der Waals surface area contributed by atoms with Crippen LogP contribution in [0.15, 0.2) is 0 Å². The molecule has 0 aromatic heterocycles. The van der Waals surface area contributed by atoms with Gasteiger partial charge in [-0.3, -0.25) is 4.90 Å². The van der Waals surface area contributed by atoms with Crippen LogP contribution in [-0.2, 0) is 51.9 Å². The number of carbonyl (C=O) groups excluding carboxylic acids is 1. The van der Waals surface area contributed by atoms with Crippen LogP contribution in [0.4, 0.5) is 4.79 Å². The van der Waals surface area contributed by atoms with Gasteiger partial charge in [0.15, 0.2) is 0 Å². The first kappa shape index (κ1) is 29.9. The summed E-state index contributed by atoms with van der Waals surface area (Å²) in [7, 11) is -5.39. The number of hydrogen-bond acceptors (Lipinski definition) is 10. The fraction of sp³-hybridized carbons (Fsp3) is 0.917. The van der Waals surface area contributed by atoms with Gasteiger partial charge in [-0.2, -0.15) is 0 Å². The largest absolute Gasteiger partial charge is 1.00 e. The molecule has 0 radical (unpaired) electrons. The van der Waals surface area contributed by atoms with Crippen LogP contribution < -0.4 is 116 Å². The first-order chi connectivity index (χ1) is 10.6. The summed E-state index contributed by atoms with van der Waals surface area (Å²) >= 11 is 0. The molecule has 25 heavy (non-hydrogen) atoms. The summed E-state index contributed by atoms with van der Waals surface area (Å²) in [6.07, 6.45) is 1.06. The predicted octanol–water partition coefficient (Wildman–Crippen LogP) is -4.37. The maximum absolute atomic E-state index is 12.4. The average molecular weight is 542 g/mol. The van der Waals surface area contributed by atoms with Gasteiger partial charge in [-0.15, -0.1) is 0 Å². The molecule has 0 N–H and O–H groups in total. The van der Waals surface area contributed by atoms with Gasteiger partial charge < -0.3 is 29.9 Å². The molecule has 0 aliphatic carbocycles. The Morgan fingerprint density at radius 3 is 1.68 bits per heavy atom. The number of hydrogen-bond donors (Lipinski definition) is 0. The van der Waals surface area contributed by atoms with E-state index in [-0.39, 0.29) is 130 Å². The zero-order valence-electron chi connectivity index (χ0n) is 15.2. The monoisotopic (exact) mass is 541 g/mol. The fourth-order valence-corrected chi connectivity index (χ4v) is 2.91. The third kappa shape index (κ3) is 12.8. The van der Waals surface area contributed by atoms with Crippen LogP contribution in [-0.4, -0.2) is 41.9 Å². The van der Waals surface area contributed by atoms with E-state index in [2.05, 4.69) is 8.37 Å². The molecule has 1 fully saturated rings. The number of amides is 1. The van der Waals surface area contributed by atoms with Gasteiger partial charge in [0.1, 0.15) is 5.60 Å². The molecule has 13 heteroatoms. The summed E-state index contributed by atoms with van der Waals surface area (Å²) in [4.78, 5) is 13.7. The van der Waals surface area contributed by atoms with Crippen molar-refractivity contribution in [1.29, 1.82) is 0 Å². The third-order valence-corrected chi connectivity index (χ3v) is 3.84. The van der Waals surface area contributed by atoms with E-state index in [0.717, 1.165) is 0 Å². The second kappa shape index (κ2) is 14.6. The molecular weight excluding hydrogens is 521 g/mol. The Balaban J connectivity index is 0. The molecule has 0 spiro atoms. The van der Waals surface area contributed by atoms with Gasteiger partial charge in [0.25, 0.3) is 0 Å². The maximum atomic E-state index is 12.4. The minimum atomic E-state index is -2.70. The number of ether oxygens (including phenoxy) is 1. The molecule has 1 aliphatic heterocycles. The smallest absolute Gasteiger partial charge is 0.444 e. The zero-order chi connectivity index (χ0) is 17.6. The summed E-state index contributed by atoms with van der Waals surface area (Å²) in [6.45, 7) is 4.67. The van der Waals surface area contributed by atoms with Gasteiger partial charge >= 0.3 is 122 Å². The van der Waals surface area contributed by atoms with E-state index in [1.54, 1.807) is 20.8 Å². The van der Waals surface area contributed by atoms with E-state index in [0.29, 0.717) is 19.3 Å². The van der Waals surface area contributed by atoms with Crippen molar-refractivity contribution < 1.29 is 151 Å². The summed E-state index contributed by atoms with van der Waals surface area (Å²) in [5.41, 5.74) is -0.742. The first-order valence-electron chi connectivity index (χ1n) is 7.06. The Morgan fingerprint density at radius 2 is 1.36 bits per heavy atom. The molecular formula is C12H21NO8Rb2S2. The number of nitrogens with zero attached hydrogens (tertiary/aromatic N) is 1. The van der Waals surface area contributed by atoms with E-state index in [1.807, 2.05) is 0 Å². The fourth-order valence-electron chi connectivity index (χ4n) is 2.37. The minimum Gasteiger partial charge on any atom is -0.444 e. The number of likely N-dealkylation sites (tertiary alicyclic amines) is 1. The predicted molar refractivity (Wildman–Crippen MR) is 78.9 cm³/mol. The summed E-state index contributed by atoms with van der Waals surface area (Å²) < 4.78 is 56.8. The van der Waals surface area contributed by atoms with E-state index in [9.17, 15) is 21.6 Å². The minimum absolute atomic E-state index is 0. The zero-order valence-corrected chi connectivity index (χ0v) is 26.7. The molecule has 1 rings (SSSR count). The van der Waals surface area contributed by atoms with Gasteiger partial charge in [-0.25, -0.2) is 4.79 Å². The van der Waals surface area contributed by atoms with E-state index in [4.69, 9.17) is 4.74 Å². The second-order valence-corrected chi connectivity index (χ2v) is 7.39. The Kier molecular flexibility index (Phi) is 17.5. The Hall–Kier alpha value is 2.70. The molecule has 2 atom stereocenters.